The highest BCUT2D eigenvalue weighted by molar-refractivity contribution is 5.86. The zero-order valence-corrected chi connectivity index (χ0v) is 11.3. The number of carbonyl (C=O) groups is 1. The van der Waals surface area contributed by atoms with Crippen LogP contribution in [-0.4, -0.2) is 18.1 Å². The first kappa shape index (κ1) is 12.7. The lowest BCUT2D eigenvalue weighted by Gasteiger charge is -2.16. The normalized spacial score (nSPS) is 21.8. The van der Waals surface area contributed by atoms with E-state index in [-0.39, 0.29) is 17.8 Å². The number of hydrogen-bond acceptors (Lipinski definition) is 3. The number of methoxy groups -OCH3 is 1. The molecule has 0 radical (unpaired) electrons. The van der Waals surface area contributed by atoms with Gasteiger partial charge in [0.2, 0.25) is 0 Å². The highest BCUT2D eigenvalue weighted by atomic mass is 16.5. The molecule has 1 fully saturated rings. The highest BCUT2D eigenvalue weighted by Gasteiger charge is 2.35. The Hall–Kier alpha value is -2.28. The number of nitrogens with zero attached hydrogens (tertiary/aromatic N) is 1. The fraction of sp³-hybridized carbons (Fsp3) is 0.375. The second-order valence-corrected chi connectivity index (χ2v) is 5.28. The average Bonchev–Trinajstić information content (AvgIpc) is 3.11. The van der Waals surface area contributed by atoms with Crippen LogP contribution < -0.4 is 0 Å². The topological polar surface area (TPSA) is 65.9 Å². The summed E-state index contributed by atoms with van der Waals surface area (Å²) >= 11 is 0. The van der Waals surface area contributed by atoms with Crippen molar-refractivity contribution in [1.29, 1.82) is 5.26 Å². The molecule has 1 aliphatic rings. The van der Waals surface area contributed by atoms with Crippen molar-refractivity contribution in [3.63, 3.8) is 0 Å². The molecular formula is C16H16N2O2. The van der Waals surface area contributed by atoms with Crippen LogP contribution in [0.25, 0.3) is 10.9 Å². The monoisotopic (exact) mass is 268 g/mol. The van der Waals surface area contributed by atoms with E-state index in [0.29, 0.717) is 5.56 Å². The first-order valence-corrected chi connectivity index (χ1v) is 6.83. The Labute approximate surface area is 117 Å². The van der Waals surface area contributed by atoms with Gasteiger partial charge in [-0.05, 0) is 42.5 Å². The van der Waals surface area contributed by atoms with Crippen molar-refractivity contribution in [2.45, 2.75) is 25.2 Å². The second kappa shape index (κ2) is 5.01. The minimum Gasteiger partial charge on any atom is -0.469 e. The lowest BCUT2D eigenvalue weighted by Crippen LogP contribution is -2.18. The number of hydrogen-bond donors (Lipinski definition) is 1. The van der Waals surface area contributed by atoms with E-state index in [2.05, 4.69) is 11.1 Å². The molecule has 3 rings (SSSR count). The summed E-state index contributed by atoms with van der Waals surface area (Å²) in [7, 11) is 1.45. The molecule has 1 aromatic heterocycles. The zero-order valence-electron chi connectivity index (χ0n) is 11.3. The van der Waals surface area contributed by atoms with Crippen LogP contribution in [0.2, 0.25) is 0 Å². The molecule has 0 spiro atoms. The number of benzene rings is 1. The molecule has 0 amide bonds. The van der Waals surface area contributed by atoms with Gasteiger partial charge in [-0.1, -0.05) is 6.42 Å². The Morgan fingerprint density at radius 2 is 2.30 bits per heavy atom. The summed E-state index contributed by atoms with van der Waals surface area (Å²) in [6.45, 7) is 0. The van der Waals surface area contributed by atoms with Gasteiger partial charge in [-0.15, -0.1) is 0 Å². The van der Waals surface area contributed by atoms with Crippen molar-refractivity contribution in [2.75, 3.05) is 7.11 Å². The maximum atomic E-state index is 11.9. The van der Waals surface area contributed by atoms with Crippen LogP contribution >= 0.6 is 0 Å². The molecule has 2 aromatic rings. The van der Waals surface area contributed by atoms with Crippen molar-refractivity contribution < 1.29 is 9.53 Å². The number of rotatable bonds is 2. The Balaban J connectivity index is 2.05. The maximum absolute atomic E-state index is 11.9. The summed E-state index contributed by atoms with van der Waals surface area (Å²) in [5, 5.41) is 10.1. The first-order chi connectivity index (χ1) is 9.74. The van der Waals surface area contributed by atoms with Crippen molar-refractivity contribution in [3.05, 3.63) is 35.5 Å². The number of carbonyl (C=O) groups excluding carboxylic acids is 1. The Bertz CT molecular complexity index is 696. The standard InChI is InChI=1S/C16H16N2O2/c1-20-16(19)12-4-2-3-11(12)14-9-18-15-6-5-10(8-17)7-13(14)15/h5-7,9,11-12,18H,2-4H2,1H3/t11-,12-/m0/s1. The number of aromatic nitrogens is 1. The van der Waals surface area contributed by atoms with Crippen molar-refractivity contribution in [1.82, 2.24) is 4.98 Å². The Morgan fingerprint density at radius 1 is 1.45 bits per heavy atom. The molecule has 0 aliphatic heterocycles. The molecule has 20 heavy (non-hydrogen) atoms. The number of nitrogens with one attached hydrogen (secondary N) is 1. The molecule has 1 heterocycles. The van der Waals surface area contributed by atoms with Gasteiger partial charge in [0.15, 0.2) is 0 Å². The summed E-state index contributed by atoms with van der Waals surface area (Å²) in [5.74, 6) is -0.00632. The van der Waals surface area contributed by atoms with E-state index < -0.39 is 0 Å². The molecule has 1 aromatic carbocycles. The van der Waals surface area contributed by atoms with Gasteiger partial charge in [-0.3, -0.25) is 4.79 Å². The number of aromatic amines is 1. The number of H-pyrrole nitrogens is 1. The predicted molar refractivity (Wildman–Crippen MR) is 75.1 cm³/mol. The second-order valence-electron chi connectivity index (χ2n) is 5.28. The van der Waals surface area contributed by atoms with Gasteiger partial charge in [0.1, 0.15) is 0 Å². The van der Waals surface area contributed by atoms with Crippen LogP contribution in [0, 0.1) is 17.2 Å². The summed E-state index contributed by atoms with van der Waals surface area (Å²) in [4.78, 5) is 15.1. The lowest BCUT2D eigenvalue weighted by atomic mass is 9.88. The van der Waals surface area contributed by atoms with E-state index in [1.807, 2.05) is 18.3 Å². The molecule has 102 valence electrons. The molecule has 1 N–H and O–H groups in total. The SMILES string of the molecule is COC(=O)[C@H]1CCC[C@@H]1c1c[nH]c2ccc(C#N)cc12. The fourth-order valence-electron chi connectivity index (χ4n) is 3.28. The fourth-order valence-corrected chi connectivity index (χ4v) is 3.28. The van der Waals surface area contributed by atoms with Crippen LogP contribution in [0.4, 0.5) is 0 Å². The summed E-state index contributed by atoms with van der Waals surface area (Å²) in [6.07, 6.45) is 4.87. The first-order valence-electron chi connectivity index (χ1n) is 6.83. The molecule has 1 aliphatic carbocycles. The molecule has 4 heteroatoms. The largest absolute Gasteiger partial charge is 0.469 e. The molecule has 0 bridgehead atoms. The van der Waals surface area contributed by atoms with E-state index in [9.17, 15) is 4.79 Å². The van der Waals surface area contributed by atoms with Crippen LogP contribution in [0.1, 0.15) is 36.3 Å². The van der Waals surface area contributed by atoms with Crippen molar-refractivity contribution >= 4 is 16.9 Å². The zero-order chi connectivity index (χ0) is 14.1. The molecule has 0 saturated heterocycles. The molecule has 4 nitrogen and oxygen atoms in total. The third-order valence-electron chi connectivity index (χ3n) is 4.26. The Kier molecular flexibility index (Phi) is 3.19. The van der Waals surface area contributed by atoms with Crippen molar-refractivity contribution in [2.24, 2.45) is 5.92 Å². The van der Waals surface area contributed by atoms with Gasteiger partial charge < -0.3 is 9.72 Å². The lowest BCUT2D eigenvalue weighted by molar-refractivity contribution is -0.145. The highest BCUT2D eigenvalue weighted by Crippen LogP contribution is 2.42. The minimum absolute atomic E-state index is 0.0651. The Morgan fingerprint density at radius 3 is 3.05 bits per heavy atom. The van der Waals surface area contributed by atoms with Gasteiger partial charge in [0.05, 0.1) is 24.7 Å². The number of nitriles is 1. The quantitative estimate of drug-likeness (QED) is 0.851. The smallest absolute Gasteiger partial charge is 0.309 e. The summed E-state index contributed by atoms with van der Waals surface area (Å²) in [6, 6.07) is 7.78. The van der Waals surface area contributed by atoms with Gasteiger partial charge in [0, 0.05) is 17.1 Å². The van der Waals surface area contributed by atoms with E-state index >= 15 is 0 Å². The minimum atomic E-state index is -0.127. The van der Waals surface area contributed by atoms with Gasteiger partial charge in [-0.2, -0.15) is 5.26 Å². The molecule has 0 unspecified atom stereocenters. The van der Waals surface area contributed by atoms with E-state index in [0.717, 1.165) is 35.7 Å². The number of ether oxygens (including phenoxy) is 1. The maximum Gasteiger partial charge on any atom is 0.309 e. The van der Waals surface area contributed by atoms with E-state index in [1.165, 1.54) is 7.11 Å². The van der Waals surface area contributed by atoms with Gasteiger partial charge >= 0.3 is 5.97 Å². The third-order valence-corrected chi connectivity index (χ3v) is 4.26. The number of fused-ring (bicyclic) bond motifs is 1. The van der Waals surface area contributed by atoms with Crippen molar-refractivity contribution in [3.8, 4) is 6.07 Å². The van der Waals surface area contributed by atoms with Crippen LogP contribution in [0.15, 0.2) is 24.4 Å². The van der Waals surface area contributed by atoms with E-state index in [4.69, 9.17) is 10.00 Å². The van der Waals surface area contributed by atoms with Crippen LogP contribution in [0.5, 0.6) is 0 Å². The third kappa shape index (κ3) is 1.96. The van der Waals surface area contributed by atoms with Gasteiger partial charge in [0.25, 0.3) is 0 Å². The average molecular weight is 268 g/mol. The van der Waals surface area contributed by atoms with E-state index in [1.54, 1.807) is 6.07 Å². The summed E-state index contributed by atoms with van der Waals surface area (Å²) in [5.41, 5.74) is 2.78. The van der Waals surface area contributed by atoms with Gasteiger partial charge in [-0.25, -0.2) is 0 Å². The molecule has 2 atom stereocenters. The number of esters is 1. The van der Waals surface area contributed by atoms with Crippen LogP contribution in [-0.2, 0) is 9.53 Å². The molecular weight excluding hydrogens is 252 g/mol. The summed E-state index contributed by atoms with van der Waals surface area (Å²) < 4.78 is 4.92. The predicted octanol–water partition coefficient (Wildman–Crippen LogP) is 3.10. The molecule has 1 saturated carbocycles. The van der Waals surface area contributed by atoms with Crippen LogP contribution in [0.3, 0.4) is 0 Å².